The molecule has 2 aliphatic rings. The third-order valence-corrected chi connectivity index (χ3v) is 6.57. The first-order valence-electron chi connectivity index (χ1n) is 7.80. The number of carbonyl (C=O) groups excluding carboxylic acids is 1. The fourth-order valence-electron chi connectivity index (χ4n) is 4.26. The summed E-state index contributed by atoms with van der Waals surface area (Å²) >= 11 is 7.15. The molecule has 6 heteroatoms. The van der Waals surface area contributed by atoms with Crippen LogP contribution in [0.2, 0.25) is 0 Å². The van der Waals surface area contributed by atoms with Gasteiger partial charge in [-0.1, -0.05) is 0 Å². The Morgan fingerprint density at radius 1 is 1.22 bits per heavy atom. The molecule has 23 heavy (non-hydrogen) atoms. The van der Waals surface area contributed by atoms with Crippen molar-refractivity contribution in [3.63, 3.8) is 0 Å². The Balaban J connectivity index is 2.01. The molecule has 126 valence electrons. The molecule has 4 atom stereocenters. The molecule has 4 nitrogen and oxygen atoms in total. The van der Waals surface area contributed by atoms with Gasteiger partial charge in [0.2, 0.25) is 0 Å². The average molecular weight is 447 g/mol. The lowest BCUT2D eigenvalue weighted by Gasteiger charge is -2.41. The minimum atomic E-state index is -0.115. The van der Waals surface area contributed by atoms with Gasteiger partial charge in [0.05, 0.1) is 29.1 Å². The molecule has 2 bridgehead atoms. The summed E-state index contributed by atoms with van der Waals surface area (Å²) in [5.41, 5.74) is 1.16. The van der Waals surface area contributed by atoms with Crippen molar-refractivity contribution in [2.24, 2.45) is 5.92 Å². The predicted octanol–water partition coefficient (Wildman–Crippen LogP) is 3.96. The van der Waals surface area contributed by atoms with Gasteiger partial charge in [-0.05, 0) is 75.9 Å². The van der Waals surface area contributed by atoms with E-state index in [-0.39, 0.29) is 23.8 Å². The first-order valence-corrected chi connectivity index (χ1v) is 9.39. The summed E-state index contributed by atoms with van der Waals surface area (Å²) in [7, 11) is 5.27. The molecule has 1 aromatic carbocycles. The molecule has 2 saturated heterocycles. The lowest BCUT2D eigenvalue weighted by atomic mass is 9.76. The maximum Gasteiger partial charge on any atom is 0.310 e. The third-order valence-electron chi connectivity index (χ3n) is 5.40. The smallest absolute Gasteiger partial charge is 0.310 e. The summed E-state index contributed by atoms with van der Waals surface area (Å²) in [6.45, 7) is 0. The second-order valence-corrected chi connectivity index (χ2v) is 8.08. The average Bonchev–Trinajstić information content (AvgIpc) is 2.76. The molecular formula is C17H21Br2NO3. The van der Waals surface area contributed by atoms with Gasteiger partial charge in [0.25, 0.3) is 0 Å². The van der Waals surface area contributed by atoms with Crippen molar-refractivity contribution in [1.82, 2.24) is 4.90 Å². The maximum absolute atomic E-state index is 12.5. The van der Waals surface area contributed by atoms with Crippen LogP contribution in [0.4, 0.5) is 0 Å². The molecule has 0 aromatic heterocycles. The highest BCUT2D eigenvalue weighted by molar-refractivity contribution is 9.11. The molecular weight excluding hydrogens is 426 g/mol. The molecule has 2 fully saturated rings. The van der Waals surface area contributed by atoms with E-state index in [4.69, 9.17) is 9.47 Å². The number of nitrogens with zero attached hydrogens (tertiary/aromatic N) is 1. The normalized spacial score (nSPS) is 30.3. The molecule has 1 aromatic rings. The Labute approximate surface area is 153 Å². The number of rotatable bonds is 3. The molecule has 0 radical (unpaired) electrons. The van der Waals surface area contributed by atoms with Gasteiger partial charge in [-0.2, -0.15) is 0 Å². The van der Waals surface area contributed by atoms with E-state index < -0.39 is 0 Å². The van der Waals surface area contributed by atoms with Crippen LogP contribution in [-0.4, -0.2) is 44.2 Å². The van der Waals surface area contributed by atoms with E-state index in [9.17, 15) is 4.79 Å². The monoisotopic (exact) mass is 445 g/mol. The van der Waals surface area contributed by atoms with E-state index in [0.717, 1.165) is 39.5 Å². The Morgan fingerprint density at radius 2 is 1.87 bits per heavy atom. The predicted molar refractivity (Wildman–Crippen MR) is 95.8 cm³/mol. The lowest BCUT2D eigenvalue weighted by Crippen LogP contribution is -2.49. The van der Waals surface area contributed by atoms with Gasteiger partial charge in [0, 0.05) is 18.0 Å². The number of ether oxygens (including phenoxy) is 2. The SMILES string of the molecule is COC(=O)[C@H]1[C@@H](c2cc(Br)c(OC)c(Br)c2)C[C@@H]2CC[C@H]1N2C. The lowest BCUT2D eigenvalue weighted by molar-refractivity contribution is -0.150. The molecule has 0 unspecified atom stereocenters. The molecule has 0 spiro atoms. The number of hydrogen-bond acceptors (Lipinski definition) is 4. The summed E-state index contributed by atoms with van der Waals surface area (Å²) in [5.74, 6) is 0.736. The zero-order valence-electron chi connectivity index (χ0n) is 13.5. The van der Waals surface area contributed by atoms with Crippen LogP contribution >= 0.6 is 31.9 Å². The number of esters is 1. The van der Waals surface area contributed by atoms with Crippen LogP contribution in [0.15, 0.2) is 21.1 Å². The zero-order chi connectivity index (χ0) is 16.7. The van der Waals surface area contributed by atoms with Gasteiger partial charge in [0.15, 0.2) is 0 Å². The van der Waals surface area contributed by atoms with E-state index in [1.165, 1.54) is 7.11 Å². The van der Waals surface area contributed by atoms with Crippen molar-refractivity contribution in [2.45, 2.75) is 37.3 Å². The summed E-state index contributed by atoms with van der Waals surface area (Å²) in [5, 5.41) is 0. The first kappa shape index (κ1) is 17.2. The van der Waals surface area contributed by atoms with Crippen molar-refractivity contribution >= 4 is 37.8 Å². The second-order valence-electron chi connectivity index (χ2n) is 6.37. The maximum atomic E-state index is 12.5. The van der Waals surface area contributed by atoms with Crippen LogP contribution < -0.4 is 4.74 Å². The van der Waals surface area contributed by atoms with Crippen LogP contribution in [-0.2, 0) is 9.53 Å². The van der Waals surface area contributed by atoms with Crippen molar-refractivity contribution < 1.29 is 14.3 Å². The number of methoxy groups -OCH3 is 2. The van der Waals surface area contributed by atoms with Crippen molar-refractivity contribution in [2.75, 3.05) is 21.3 Å². The fraction of sp³-hybridized carbons (Fsp3) is 0.588. The molecule has 0 aliphatic carbocycles. The summed E-state index contributed by atoms with van der Waals surface area (Å²) in [6.07, 6.45) is 3.21. The van der Waals surface area contributed by atoms with Crippen molar-refractivity contribution in [3.05, 3.63) is 26.6 Å². The van der Waals surface area contributed by atoms with Crippen LogP contribution in [0.5, 0.6) is 5.75 Å². The Bertz CT molecular complexity index is 599. The van der Waals surface area contributed by atoms with Gasteiger partial charge in [-0.15, -0.1) is 0 Å². The van der Waals surface area contributed by atoms with Crippen molar-refractivity contribution in [3.8, 4) is 5.75 Å². The molecule has 0 saturated carbocycles. The van der Waals surface area contributed by atoms with E-state index in [0.29, 0.717) is 6.04 Å². The number of piperidine rings is 1. The number of carbonyl (C=O) groups is 1. The Morgan fingerprint density at radius 3 is 2.43 bits per heavy atom. The Hall–Kier alpha value is -0.590. The van der Waals surface area contributed by atoms with Gasteiger partial charge >= 0.3 is 5.97 Å². The number of fused-ring (bicyclic) bond motifs is 2. The van der Waals surface area contributed by atoms with Gasteiger partial charge in [0.1, 0.15) is 5.75 Å². The second kappa shape index (κ2) is 6.73. The van der Waals surface area contributed by atoms with Crippen molar-refractivity contribution in [1.29, 1.82) is 0 Å². The molecule has 3 rings (SSSR count). The minimum Gasteiger partial charge on any atom is -0.494 e. The van der Waals surface area contributed by atoms with Crippen LogP contribution in [0, 0.1) is 5.92 Å². The number of benzene rings is 1. The molecule has 0 N–H and O–H groups in total. The van der Waals surface area contributed by atoms with E-state index >= 15 is 0 Å². The van der Waals surface area contributed by atoms with Crippen LogP contribution in [0.3, 0.4) is 0 Å². The highest BCUT2D eigenvalue weighted by Crippen LogP contribution is 2.48. The van der Waals surface area contributed by atoms with Gasteiger partial charge < -0.3 is 9.47 Å². The topological polar surface area (TPSA) is 38.8 Å². The molecule has 2 heterocycles. The standard InChI is InChI=1S/C17H21Br2NO3/c1-20-10-4-5-14(20)15(17(21)23-3)11(8-10)9-6-12(18)16(22-2)13(19)7-9/h6-7,10-11,14-15H,4-5,8H2,1-3H3/t10-,11+,14+,15-/m0/s1. The van der Waals surface area contributed by atoms with Gasteiger partial charge in [-0.3, -0.25) is 9.69 Å². The third kappa shape index (κ3) is 2.94. The summed E-state index contributed by atoms with van der Waals surface area (Å²) < 4.78 is 12.3. The highest BCUT2D eigenvalue weighted by atomic mass is 79.9. The summed E-state index contributed by atoms with van der Waals surface area (Å²) in [4.78, 5) is 14.8. The largest absolute Gasteiger partial charge is 0.494 e. The summed E-state index contributed by atoms with van der Waals surface area (Å²) in [6, 6.07) is 4.97. The molecule has 2 aliphatic heterocycles. The van der Waals surface area contributed by atoms with E-state index in [2.05, 4.69) is 55.9 Å². The highest BCUT2D eigenvalue weighted by Gasteiger charge is 2.49. The van der Waals surface area contributed by atoms with Crippen LogP contribution in [0.25, 0.3) is 0 Å². The Kier molecular flexibility index (Phi) is 5.04. The van der Waals surface area contributed by atoms with E-state index in [1.54, 1.807) is 7.11 Å². The first-order chi connectivity index (χ1) is 11.0. The number of halogens is 2. The molecule has 0 amide bonds. The minimum absolute atomic E-state index is 0.102. The van der Waals surface area contributed by atoms with Gasteiger partial charge in [-0.25, -0.2) is 0 Å². The zero-order valence-corrected chi connectivity index (χ0v) is 16.7. The quantitative estimate of drug-likeness (QED) is 0.658. The van der Waals surface area contributed by atoms with Crippen LogP contribution in [0.1, 0.15) is 30.7 Å². The number of hydrogen-bond donors (Lipinski definition) is 0. The van der Waals surface area contributed by atoms with E-state index in [1.807, 2.05) is 0 Å². The fourth-order valence-corrected chi connectivity index (χ4v) is 5.80.